The highest BCUT2D eigenvalue weighted by Gasteiger charge is 2.21. The third kappa shape index (κ3) is 5.72. The molecule has 0 unspecified atom stereocenters. The van der Waals surface area contributed by atoms with Crippen LogP contribution in [0, 0.1) is 0 Å². The Morgan fingerprint density at radius 1 is 1.13 bits per heavy atom. The number of benzene rings is 2. The molecule has 3 N–H and O–H groups in total. The van der Waals surface area contributed by atoms with Gasteiger partial charge in [-0.25, -0.2) is 0 Å². The molecule has 2 amide bonds. The minimum Gasteiger partial charge on any atom is -0.493 e. The molecule has 0 atom stereocenters. The van der Waals surface area contributed by atoms with Gasteiger partial charge in [-0.1, -0.05) is 23.2 Å². The van der Waals surface area contributed by atoms with Crippen molar-refractivity contribution in [2.45, 2.75) is 0 Å². The molecule has 0 spiro atoms. The van der Waals surface area contributed by atoms with Crippen LogP contribution >= 0.6 is 23.2 Å². The Hall–Kier alpha value is -2.68. The summed E-state index contributed by atoms with van der Waals surface area (Å²) >= 11 is 12.5. The Bertz CT molecular complexity index is 978. The first-order valence-electron chi connectivity index (χ1n) is 9.61. The van der Waals surface area contributed by atoms with E-state index in [1.54, 1.807) is 12.1 Å². The summed E-state index contributed by atoms with van der Waals surface area (Å²) in [4.78, 5) is 28.5. The molecule has 3 rings (SSSR count). The van der Waals surface area contributed by atoms with Crippen molar-refractivity contribution in [2.75, 3.05) is 57.2 Å². The number of likely N-dealkylation sites (N-methyl/N-ethyl adjacent to an activating group) is 1. The average molecular weight is 467 g/mol. The largest absolute Gasteiger partial charge is 0.493 e. The van der Waals surface area contributed by atoms with E-state index in [1.807, 2.05) is 6.07 Å². The van der Waals surface area contributed by atoms with E-state index >= 15 is 0 Å². The van der Waals surface area contributed by atoms with E-state index in [9.17, 15) is 9.59 Å². The van der Waals surface area contributed by atoms with Crippen molar-refractivity contribution in [3.8, 4) is 11.5 Å². The number of nitrogens with zero attached hydrogens (tertiary/aromatic N) is 2. The Labute approximate surface area is 190 Å². The quantitative estimate of drug-likeness (QED) is 0.650. The summed E-state index contributed by atoms with van der Waals surface area (Å²) < 4.78 is 10.6. The molecule has 31 heavy (non-hydrogen) atoms. The number of hydrogen-bond acceptors (Lipinski definition) is 6. The lowest BCUT2D eigenvalue weighted by Crippen LogP contribution is -2.44. The summed E-state index contributed by atoms with van der Waals surface area (Å²) in [5.74, 6) is -0.693. The smallest absolute Gasteiger partial charge is 0.255 e. The number of carbonyl (C=O) groups is 2. The van der Waals surface area contributed by atoms with Gasteiger partial charge in [-0.15, -0.1) is 0 Å². The lowest BCUT2D eigenvalue weighted by Gasteiger charge is -2.35. The summed E-state index contributed by atoms with van der Waals surface area (Å²) in [6.07, 6.45) is 0. The number of amides is 2. The van der Waals surface area contributed by atoms with Crippen molar-refractivity contribution in [1.82, 2.24) is 4.90 Å². The Morgan fingerprint density at radius 3 is 2.48 bits per heavy atom. The van der Waals surface area contributed by atoms with Crippen LogP contribution in [-0.2, 0) is 4.79 Å². The van der Waals surface area contributed by atoms with Crippen molar-refractivity contribution < 1.29 is 19.1 Å². The normalized spacial score (nSPS) is 14.3. The van der Waals surface area contributed by atoms with Gasteiger partial charge in [0.2, 0.25) is 0 Å². The number of anilines is 2. The molecule has 8 nitrogen and oxygen atoms in total. The first-order valence-corrected chi connectivity index (χ1v) is 10.4. The van der Waals surface area contributed by atoms with Gasteiger partial charge in [-0.05, 0) is 37.4 Å². The van der Waals surface area contributed by atoms with E-state index in [-0.39, 0.29) is 34.6 Å². The Kier molecular flexibility index (Phi) is 7.48. The van der Waals surface area contributed by atoms with E-state index < -0.39 is 5.91 Å². The van der Waals surface area contributed by atoms with Crippen LogP contribution in [0.2, 0.25) is 10.0 Å². The van der Waals surface area contributed by atoms with Crippen LogP contribution in [0.15, 0.2) is 30.3 Å². The molecular formula is C21H24Cl2N4O4. The number of halogens is 2. The second-order valence-electron chi connectivity index (χ2n) is 7.15. The van der Waals surface area contributed by atoms with Crippen LogP contribution < -0.4 is 25.4 Å². The number of ether oxygens (including phenoxy) is 2. The highest BCUT2D eigenvalue weighted by Crippen LogP contribution is 2.37. The molecule has 0 radical (unpaired) electrons. The van der Waals surface area contributed by atoms with E-state index in [0.717, 1.165) is 31.9 Å². The van der Waals surface area contributed by atoms with Crippen molar-refractivity contribution in [3.05, 3.63) is 45.9 Å². The molecule has 1 fully saturated rings. The summed E-state index contributed by atoms with van der Waals surface area (Å²) in [6, 6.07) is 8.34. The molecule has 0 aromatic heterocycles. The lowest BCUT2D eigenvalue weighted by atomic mass is 10.1. The van der Waals surface area contributed by atoms with Crippen molar-refractivity contribution in [2.24, 2.45) is 5.73 Å². The molecule has 0 aliphatic carbocycles. The average Bonchev–Trinajstić information content (AvgIpc) is 2.73. The van der Waals surface area contributed by atoms with Gasteiger partial charge < -0.3 is 30.3 Å². The minimum absolute atomic E-state index is 0.121. The summed E-state index contributed by atoms with van der Waals surface area (Å²) in [6.45, 7) is 3.17. The number of primary amides is 1. The molecule has 166 valence electrons. The van der Waals surface area contributed by atoms with E-state index in [0.29, 0.717) is 10.7 Å². The van der Waals surface area contributed by atoms with Crippen LogP contribution in [0.5, 0.6) is 11.5 Å². The maximum Gasteiger partial charge on any atom is 0.255 e. The second kappa shape index (κ2) is 10.1. The fourth-order valence-corrected chi connectivity index (χ4v) is 3.70. The van der Waals surface area contributed by atoms with Crippen LogP contribution in [0.4, 0.5) is 11.4 Å². The predicted octanol–water partition coefficient (Wildman–Crippen LogP) is 2.87. The lowest BCUT2D eigenvalue weighted by molar-refractivity contribution is -0.119. The van der Waals surface area contributed by atoms with Crippen LogP contribution in [-0.4, -0.2) is 63.7 Å². The number of carbonyl (C=O) groups excluding carboxylic acids is 2. The van der Waals surface area contributed by atoms with E-state index in [2.05, 4.69) is 22.2 Å². The molecule has 1 aliphatic heterocycles. The zero-order valence-corrected chi connectivity index (χ0v) is 18.8. The van der Waals surface area contributed by atoms with Gasteiger partial charge in [0.1, 0.15) is 0 Å². The van der Waals surface area contributed by atoms with Gasteiger partial charge in [-0.3, -0.25) is 9.59 Å². The van der Waals surface area contributed by atoms with Gasteiger partial charge in [0.25, 0.3) is 11.8 Å². The zero-order chi connectivity index (χ0) is 22.5. The monoisotopic (exact) mass is 466 g/mol. The van der Waals surface area contributed by atoms with Gasteiger partial charge in [-0.2, -0.15) is 0 Å². The number of methoxy groups -OCH3 is 1. The molecule has 10 heteroatoms. The second-order valence-corrected chi connectivity index (χ2v) is 7.99. The number of piperazine rings is 1. The fraction of sp³-hybridized carbons (Fsp3) is 0.333. The molecular weight excluding hydrogens is 443 g/mol. The molecule has 1 aliphatic rings. The van der Waals surface area contributed by atoms with Crippen LogP contribution in [0.25, 0.3) is 0 Å². The number of rotatable bonds is 7. The van der Waals surface area contributed by atoms with Crippen molar-refractivity contribution in [1.29, 1.82) is 0 Å². The van der Waals surface area contributed by atoms with E-state index in [1.165, 1.54) is 19.2 Å². The summed E-state index contributed by atoms with van der Waals surface area (Å²) in [7, 11) is 3.49. The third-order valence-corrected chi connectivity index (χ3v) is 5.42. The first-order chi connectivity index (χ1) is 14.8. The van der Waals surface area contributed by atoms with Gasteiger partial charge in [0.05, 0.1) is 23.5 Å². The van der Waals surface area contributed by atoms with Crippen LogP contribution in [0.1, 0.15) is 10.4 Å². The topological polar surface area (TPSA) is 97.1 Å². The SMILES string of the molecule is COc1cc(C(=O)Nc2cc(Cl)ccc2N2CCN(C)CC2)cc(Cl)c1OCC(N)=O. The number of nitrogens with one attached hydrogen (secondary N) is 1. The maximum atomic E-state index is 13.0. The number of hydrogen-bond donors (Lipinski definition) is 2. The molecule has 1 heterocycles. The molecule has 2 aromatic rings. The standard InChI is InChI=1S/C21H24Cl2N4O4/c1-26-5-7-27(8-6-26)17-4-3-14(22)11-16(17)25-21(29)13-9-15(23)20(18(10-13)30-2)31-12-19(24)28/h3-4,9-11H,5-8,12H2,1-2H3,(H2,24,28)(H,25,29). The van der Waals surface area contributed by atoms with Crippen LogP contribution in [0.3, 0.4) is 0 Å². The van der Waals surface area contributed by atoms with E-state index in [4.69, 9.17) is 38.4 Å². The molecule has 2 aromatic carbocycles. The van der Waals surface area contributed by atoms with Crippen molar-refractivity contribution in [3.63, 3.8) is 0 Å². The maximum absolute atomic E-state index is 13.0. The summed E-state index contributed by atoms with van der Waals surface area (Å²) in [5.41, 5.74) is 6.87. The molecule has 0 bridgehead atoms. The van der Waals surface area contributed by atoms with Gasteiger partial charge in [0, 0.05) is 36.8 Å². The number of nitrogens with two attached hydrogens (primary N) is 1. The first kappa shape index (κ1) is 23.0. The highest BCUT2D eigenvalue weighted by atomic mass is 35.5. The molecule has 0 saturated carbocycles. The summed E-state index contributed by atoms with van der Waals surface area (Å²) in [5, 5.41) is 3.55. The Balaban J connectivity index is 1.85. The minimum atomic E-state index is -0.655. The predicted molar refractivity (Wildman–Crippen MR) is 122 cm³/mol. The van der Waals surface area contributed by atoms with Gasteiger partial charge >= 0.3 is 0 Å². The van der Waals surface area contributed by atoms with Crippen molar-refractivity contribution >= 4 is 46.4 Å². The molecule has 1 saturated heterocycles. The zero-order valence-electron chi connectivity index (χ0n) is 17.3. The van der Waals surface area contributed by atoms with Gasteiger partial charge in [0.15, 0.2) is 18.1 Å². The fourth-order valence-electron chi connectivity index (χ4n) is 3.26. The Morgan fingerprint density at radius 2 is 1.84 bits per heavy atom. The highest BCUT2D eigenvalue weighted by molar-refractivity contribution is 6.33. The third-order valence-electron chi connectivity index (χ3n) is 4.90.